The minimum Gasteiger partial charge on any atom is -0.481 e. The number of nitrogens with one attached hydrogen (secondary N) is 2. The predicted octanol–water partition coefficient (Wildman–Crippen LogP) is 3.16. The van der Waals surface area contributed by atoms with E-state index in [1.54, 1.807) is 0 Å². The van der Waals surface area contributed by atoms with E-state index in [1.165, 1.54) is 24.3 Å². The summed E-state index contributed by atoms with van der Waals surface area (Å²) in [6.07, 6.45) is 0.353. The van der Waals surface area contributed by atoms with Crippen LogP contribution in [0, 0.1) is 6.92 Å². The van der Waals surface area contributed by atoms with E-state index in [0.29, 0.717) is 5.69 Å². The molecule has 0 radical (unpaired) electrons. The Hall–Kier alpha value is -3.68. The maximum absolute atomic E-state index is 12.2. The Morgan fingerprint density at radius 3 is 2.27 bits per heavy atom. The standard InChI is InChI=1S/C22H24N2O6/c1-3-15-6-4-5-14(2)21(15)24-19(26)13-30-22(29)16-7-9-17(10-8-16)23-18(25)11-12-20(27)28/h4-10H,3,11-13H2,1-2H3,(H,23,25)(H,24,26)(H,27,28). The van der Waals surface area contributed by atoms with E-state index in [9.17, 15) is 19.2 Å². The number of benzene rings is 2. The average molecular weight is 412 g/mol. The van der Waals surface area contributed by atoms with Gasteiger partial charge in [0.2, 0.25) is 5.91 Å². The Kier molecular flexibility index (Phi) is 8.10. The molecule has 0 spiro atoms. The molecule has 0 saturated heterocycles. The van der Waals surface area contributed by atoms with Crippen LogP contribution in [0.1, 0.15) is 41.3 Å². The van der Waals surface area contributed by atoms with Gasteiger partial charge in [0.05, 0.1) is 12.0 Å². The fourth-order valence-corrected chi connectivity index (χ4v) is 2.73. The molecule has 2 aromatic rings. The molecule has 8 nitrogen and oxygen atoms in total. The summed E-state index contributed by atoms with van der Waals surface area (Å²) < 4.78 is 5.06. The molecule has 0 saturated carbocycles. The second kappa shape index (κ2) is 10.8. The SMILES string of the molecule is CCc1cccc(C)c1NC(=O)COC(=O)c1ccc(NC(=O)CCC(=O)O)cc1. The molecule has 2 rings (SSSR count). The van der Waals surface area contributed by atoms with Gasteiger partial charge in [-0.3, -0.25) is 14.4 Å². The third-order valence-electron chi connectivity index (χ3n) is 4.31. The van der Waals surface area contributed by atoms with E-state index in [4.69, 9.17) is 9.84 Å². The van der Waals surface area contributed by atoms with Crippen LogP contribution in [-0.2, 0) is 25.5 Å². The van der Waals surface area contributed by atoms with Crippen LogP contribution in [0.25, 0.3) is 0 Å². The zero-order valence-corrected chi connectivity index (χ0v) is 16.9. The van der Waals surface area contributed by atoms with Crippen LogP contribution >= 0.6 is 0 Å². The van der Waals surface area contributed by atoms with Gasteiger partial charge in [0, 0.05) is 17.8 Å². The monoisotopic (exact) mass is 412 g/mol. The number of carbonyl (C=O) groups is 4. The number of carbonyl (C=O) groups excluding carboxylic acids is 3. The van der Waals surface area contributed by atoms with Gasteiger partial charge < -0.3 is 20.5 Å². The van der Waals surface area contributed by atoms with Gasteiger partial charge in [-0.1, -0.05) is 25.1 Å². The lowest BCUT2D eigenvalue weighted by Crippen LogP contribution is -2.22. The van der Waals surface area contributed by atoms with E-state index in [0.717, 1.165) is 23.2 Å². The number of aliphatic carboxylic acids is 1. The number of anilines is 2. The summed E-state index contributed by atoms with van der Waals surface area (Å²) in [5.41, 5.74) is 3.29. The van der Waals surface area contributed by atoms with Gasteiger partial charge in [-0.15, -0.1) is 0 Å². The molecule has 0 aliphatic carbocycles. The lowest BCUT2D eigenvalue weighted by Gasteiger charge is -2.13. The Morgan fingerprint density at radius 1 is 0.933 bits per heavy atom. The predicted molar refractivity (Wildman–Crippen MR) is 111 cm³/mol. The first-order chi connectivity index (χ1) is 14.3. The number of hydrogen-bond acceptors (Lipinski definition) is 5. The van der Waals surface area contributed by atoms with Crippen LogP contribution in [0.5, 0.6) is 0 Å². The fraction of sp³-hybridized carbons (Fsp3) is 0.273. The summed E-state index contributed by atoms with van der Waals surface area (Å²) in [5.74, 6) is -2.60. The normalized spacial score (nSPS) is 10.2. The quantitative estimate of drug-likeness (QED) is 0.544. The van der Waals surface area contributed by atoms with E-state index >= 15 is 0 Å². The van der Waals surface area contributed by atoms with Crippen molar-refractivity contribution in [2.45, 2.75) is 33.1 Å². The lowest BCUT2D eigenvalue weighted by atomic mass is 10.1. The molecule has 0 unspecified atom stereocenters. The number of carboxylic acid groups (broad SMARTS) is 1. The van der Waals surface area contributed by atoms with Gasteiger partial charge in [0.15, 0.2) is 6.61 Å². The van der Waals surface area contributed by atoms with Crippen LogP contribution in [-0.4, -0.2) is 35.5 Å². The Morgan fingerprint density at radius 2 is 1.63 bits per heavy atom. The van der Waals surface area contributed by atoms with Gasteiger partial charge in [-0.25, -0.2) is 4.79 Å². The second-order valence-corrected chi connectivity index (χ2v) is 6.61. The van der Waals surface area contributed by atoms with Gasteiger partial charge in [0.25, 0.3) is 5.91 Å². The summed E-state index contributed by atoms with van der Waals surface area (Å²) in [7, 11) is 0. The summed E-state index contributed by atoms with van der Waals surface area (Å²) >= 11 is 0. The highest BCUT2D eigenvalue weighted by Crippen LogP contribution is 2.21. The molecule has 0 heterocycles. The molecule has 158 valence electrons. The molecule has 2 aromatic carbocycles. The lowest BCUT2D eigenvalue weighted by molar-refractivity contribution is -0.138. The van der Waals surface area contributed by atoms with Gasteiger partial charge in [0.1, 0.15) is 0 Å². The Bertz CT molecular complexity index is 937. The van der Waals surface area contributed by atoms with E-state index in [2.05, 4.69) is 10.6 Å². The number of carboxylic acids is 1. The average Bonchev–Trinajstić information content (AvgIpc) is 2.72. The van der Waals surface area contributed by atoms with Crippen molar-refractivity contribution in [2.75, 3.05) is 17.2 Å². The highest BCUT2D eigenvalue weighted by molar-refractivity contribution is 5.97. The van der Waals surface area contributed by atoms with Crippen molar-refractivity contribution >= 4 is 35.1 Å². The van der Waals surface area contributed by atoms with Gasteiger partial charge >= 0.3 is 11.9 Å². The first kappa shape index (κ1) is 22.6. The molecule has 8 heteroatoms. The van der Waals surface area contributed by atoms with Crippen molar-refractivity contribution in [3.05, 3.63) is 59.2 Å². The molecule has 0 fully saturated rings. The largest absolute Gasteiger partial charge is 0.481 e. The smallest absolute Gasteiger partial charge is 0.338 e. The van der Waals surface area contributed by atoms with Crippen LogP contribution in [0.4, 0.5) is 11.4 Å². The molecule has 0 bridgehead atoms. The first-order valence-corrected chi connectivity index (χ1v) is 9.47. The maximum atomic E-state index is 12.2. The number of aryl methyl sites for hydroxylation is 2. The van der Waals surface area contributed by atoms with Crippen molar-refractivity contribution in [1.29, 1.82) is 0 Å². The first-order valence-electron chi connectivity index (χ1n) is 9.47. The molecule has 30 heavy (non-hydrogen) atoms. The fourth-order valence-electron chi connectivity index (χ4n) is 2.73. The Labute approximate surface area is 174 Å². The molecule has 0 atom stereocenters. The van der Waals surface area contributed by atoms with Crippen molar-refractivity contribution in [2.24, 2.45) is 0 Å². The minimum absolute atomic E-state index is 0.144. The van der Waals surface area contributed by atoms with Crippen molar-refractivity contribution in [3.63, 3.8) is 0 Å². The van der Waals surface area contributed by atoms with Crippen LogP contribution < -0.4 is 10.6 Å². The van der Waals surface area contributed by atoms with Crippen molar-refractivity contribution in [1.82, 2.24) is 0 Å². The topological polar surface area (TPSA) is 122 Å². The minimum atomic E-state index is -1.05. The van der Waals surface area contributed by atoms with Crippen LogP contribution in [0.15, 0.2) is 42.5 Å². The molecule has 0 aliphatic heterocycles. The molecule has 0 aliphatic rings. The van der Waals surface area contributed by atoms with Crippen molar-refractivity contribution < 1.29 is 29.0 Å². The zero-order valence-electron chi connectivity index (χ0n) is 16.9. The summed E-state index contributed by atoms with van der Waals surface area (Å²) in [4.78, 5) is 46.4. The number of para-hydroxylation sites is 1. The van der Waals surface area contributed by atoms with Gasteiger partial charge in [-0.2, -0.15) is 0 Å². The molecule has 3 N–H and O–H groups in total. The third kappa shape index (κ3) is 6.73. The van der Waals surface area contributed by atoms with E-state index in [-0.39, 0.29) is 18.4 Å². The molecule has 0 aromatic heterocycles. The summed E-state index contributed by atoms with van der Waals surface area (Å²) in [6.45, 7) is 3.45. The molecular formula is C22H24N2O6. The maximum Gasteiger partial charge on any atom is 0.338 e. The summed E-state index contributed by atoms with van der Waals surface area (Å²) in [5, 5.41) is 13.9. The van der Waals surface area contributed by atoms with Crippen LogP contribution in [0.2, 0.25) is 0 Å². The number of ether oxygens (including phenoxy) is 1. The summed E-state index contributed by atoms with van der Waals surface area (Å²) in [6, 6.07) is 11.6. The zero-order chi connectivity index (χ0) is 22.1. The molecule has 2 amide bonds. The number of rotatable bonds is 9. The van der Waals surface area contributed by atoms with E-state index in [1.807, 2.05) is 32.0 Å². The highest BCUT2D eigenvalue weighted by Gasteiger charge is 2.13. The number of hydrogen-bond donors (Lipinski definition) is 3. The van der Waals surface area contributed by atoms with Crippen molar-refractivity contribution in [3.8, 4) is 0 Å². The second-order valence-electron chi connectivity index (χ2n) is 6.61. The Balaban J connectivity index is 1.87. The molecular weight excluding hydrogens is 388 g/mol. The van der Waals surface area contributed by atoms with Gasteiger partial charge in [-0.05, 0) is 48.7 Å². The van der Waals surface area contributed by atoms with E-state index < -0.39 is 30.4 Å². The number of esters is 1. The number of amides is 2. The van der Waals surface area contributed by atoms with Crippen LogP contribution in [0.3, 0.4) is 0 Å². The highest BCUT2D eigenvalue weighted by atomic mass is 16.5. The third-order valence-corrected chi connectivity index (χ3v) is 4.31.